The van der Waals surface area contributed by atoms with Crippen LogP contribution in [0.5, 0.6) is 0 Å². The molecule has 0 aliphatic heterocycles. The number of amides is 1. The molecule has 0 unspecified atom stereocenters. The van der Waals surface area contributed by atoms with E-state index >= 15 is 0 Å². The zero-order chi connectivity index (χ0) is 18.6. The van der Waals surface area contributed by atoms with Crippen LogP contribution >= 0.6 is 0 Å². The number of carbonyl (C=O) groups is 1. The number of hydrogen-bond acceptors (Lipinski definition) is 4. The van der Waals surface area contributed by atoms with E-state index < -0.39 is 0 Å². The third-order valence-electron chi connectivity index (χ3n) is 4.45. The highest BCUT2D eigenvalue weighted by molar-refractivity contribution is 5.90. The van der Waals surface area contributed by atoms with Crippen LogP contribution < -0.4 is 5.32 Å². The molecule has 134 valence electrons. The minimum absolute atomic E-state index is 0.0820. The lowest BCUT2D eigenvalue weighted by Crippen LogP contribution is -2.24. The molecule has 0 atom stereocenters. The van der Waals surface area contributed by atoms with Crippen molar-refractivity contribution in [3.63, 3.8) is 0 Å². The van der Waals surface area contributed by atoms with E-state index in [1.165, 1.54) is 5.56 Å². The molecule has 5 nitrogen and oxygen atoms in total. The van der Waals surface area contributed by atoms with Gasteiger partial charge in [0.1, 0.15) is 0 Å². The Labute approximate surface area is 157 Å². The van der Waals surface area contributed by atoms with Crippen molar-refractivity contribution in [2.75, 3.05) is 0 Å². The Hall–Kier alpha value is -3.47. The minimum Gasteiger partial charge on any atom is -0.347 e. The normalized spacial score (nSPS) is 10.9. The van der Waals surface area contributed by atoms with Crippen molar-refractivity contribution in [3.8, 4) is 11.4 Å². The van der Waals surface area contributed by atoms with Gasteiger partial charge in [-0.05, 0) is 23.3 Å². The molecule has 0 bridgehead atoms. The van der Waals surface area contributed by atoms with Crippen LogP contribution in [0.1, 0.15) is 17.0 Å². The van der Waals surface area contributed by atoms with Gasteiger partial charge < -0.3 is 9.84 Å². The summed E-state index contributed by atoms with van der Waals surface area (Å²) in [6, 6.07) is 21.9. The van der Waals surface area contributed by atoms with Crippen molar-refractivity contribution in [3.05, 3.63) is 83.7 Å². The van der Waals surface area contributed by atoms with Gasteiger partial charge in [0, 0.05) is 5.56 Å². The van der Waals surface area contributed by atoms with Gasteiger partial charge in [0.05, 0.1) is 13.0 Å². The fourth-order valence-electron chi connectivity index (χ4n) is 3.00. The highest BCUT2D eigenvalue weighted by Gasteiger charge is 2.11. The summed E-state index contributed by atoms with van der Waals surface area (Å²) in [5.74, 6) is 0.826. The number of nitrogens with one attached hydrogen (secondary N) is 1. The summed E-state index contributed by atoms with van der Waals surface area (Å²) in [7, 11) is 0. The molecule has 1 amide bonds. The molecule has 4 aromatic rings. The van der Waals surface area contributed by atoms with Gasteiger partial charge in [-0.2, -0.15) is 4.98 Å². The third-order valence-corrected chi connectivity index (χ3v) is 4.45. The second-order valence-electron chi connectivity index (χ2n) is 6.47. The molecule has 0 aliphatic carbocycles. The van der Waals surface area contributed by atoms with Crippen molar-refractivity contribution in [1.82, 2.24) is 15.5 Å². The third kappa shape index (κ3) is 3.87. The Bertz CT molecular complexity index is 1080. The van der Waals surface area contributed by atoms with Crippen LogP contribution in [0.25, 0.3) is 22.2 Å². The molecule has 0 saturated heterocycles. The first-order valence-corrected chi connectivity index (χ1v) is 8.82. The summed E-state index contributed by atoms with van der Waals surface area (Å²) in [4.78, 5) is 16.7. The fraction of sp³-hybridized carbons (Fsp3) is 0.136. The van der Waals surface area contributed by atoms with Crippen LogP contribution in [-0.2, 0) is 17.8 Å². The van der Waals surface area contributed by atoms with Crippen LogP contribution in [-0.4, -0.2) is 16.0 Å². The van der Waals surface area contributed by atoms with E-state index in [2.05, 4.69) is 15.5 Å². The van der Waals surface area contributed by atoms with Crippen molar-refractivity contribution >= 4 is 16.7 Å². The Morgan fingerprint density at radius 3 is 2.63 bits per heavy atom. The monoisotopic (exact) mass is 357 g/mol. The molecule has 5 heteroatoms. The largest absolute Gasteiger partial charge is 0.347 e. The predicted octanol–water partition coefficient (Wildman–Crippen LogP) is 4.06. The average Bonchev–Trinajstić information content (AvgIpc) is 3.16. The van der Waals surface area contributed by atoms with Gasteiger partial charge >= 0.3 is 0 Å². The van der Waals surface area contributed by atoms with Crippen LogP contribution in [0, 0.1) is 6.92 Å². The number of hydrogen-bond donors (Lipinski definition) is 1. The van der Waals surface area contributed by atoms with Crippen molar-refractivity contribution < 1.29 is 9.32 Å². The van der Waals surface area contributed by atoms with Gasteiger partial charge in [-0.1, -0.05) is 77.5 Å². The first-order valence-electron chi connectivity index (χ1n) is 8.82. The molecule has 3 aromatic carbocycles. The average molecular weight is 357 g/mol. The zero-order valence-electron chi connectivity index (χ0n) is 15.0. The molecule has 27 heavy (non-hydrogen) atoms. The van der Waals surface area contributed by atoms with Crippen LogP contribution in [0.15, 0.2) is 71.3 Å². The van der Waals surface area contributed by atoms with Gasteiger partial charge in [-0.15, -0.1) is 0 Å². The lowest BCUT2D eigenvalue weighted by Gasteiger charge is -2.06. The number of carbonyl (C=O) groups excluding carboxylic acids is 1. The summed E-state index contributed by atoms with van der Waals surface area (Å²) in [6.45, 7) is 2.24. The quantitative estimate of drug-likeness (QED) is 0.585. The minimum atomic E-state index is -0.0820. The zero-order valence-corrected chi connectivity index (χ0v) is 15.0. The molecule has 1 N–H and O–H groups in total. The van der Waals surface area contributed by atoms with E-state index in [-0.39, 0.29) is 12.5 Å². The molecule has 1 heterocycles. The maximum absolute atomic E-state index is 12.3. The molecule has 0 saturated carbocycles. The second kappa shape index (κ2) is 7.41. The van der Waals surface area contributed by atoms with Crippen LogP contribution in [0.2, 0.25) is 0 Å². The second-order valence-corrected chi connectivity index (χ2v) is 6.47. The summed E-state index contributed by atoms with van der Waals surface area (Å²) < 4.78 is 5.24. The van der Waals surface area contributed by atoms with E-state index in [9.17, 15) is 4.79 Å². The number of nitrogens with zero attached hydrogens (tertiary/aromatic N) is 2. The first kappa shape index (κ1) is 17.0. The van der Waals surface area contributed by atoms with E-state index in [1.807, 2.05) is 73.7 Å². The van der Waals surface area contributed by atoms with Gasteiger partial charge in [0.15, 0.2) is 0 Å². The van der Waals surface area contributed by atoms with E-state index in [0.29, 0.717) is 18.1 Å². The van der Waals surface area contributed by atoms with Crippen LogP contribution in [0.3, 0.4) is 0 Å². The molecule has 4 rings (SSSR count). The molecule has 1 aromatic heterocycles. The lowest BCUT2D eigenvalue weighted by atomic mass is 10.0. The molecule has 0 radical (unpaired) electrons. The summed E-state index contributed by atoms with van der Waals surface area (Å²) in [6.07, 6.45) is 0.306. The molecular formula is C22H19N3O2. The first-order chi connectivity index (χ1) is 13.2. The number of benzene rings is 3. The number of aromatic nitrogens is 2. The highest BCUT2D eigenvalue weighted by atomic mass is 16.5. The van der Waals surface area contributed by atoms with Gasteiger partial charge in [0.25, 0.3) is 0 Å². The number of rotatable bonds is 5. The van der Waals surface area contributed by atoms with Gasteiger partial charge in [-0.25, -0.2) is 0 Å². The van der Waals surface area contributed by atoms with Gasteiger partial charge in [-0.3, -0.25) is 4.79 Å². The number of fused-ring (bicyclic) bond motifs is 1. The molecular weight excluding hydrogens is 338 g/mol. The maximum atomic E-state index is 12.3. The van der Waals surface area contributed by atoms with E-state index in [4.69, 9.17) is 4.52 Å². The SMILES string of the molecule is Cc1ccc(-c2noc(CNC(=O)Cc3cccc4ccccc34)n2)cc1. The lowest BCUT2D eigenvalue weighted by molar-refractivity contribution is -0.120. The smallest absolute Gasteiger partial charge is 0.246 e. The summed E-state index contributed by atoms with van der Waals surface area (Å²) >= 11 is 0. The molecule has 0 spiro atoms. The Morgan fingerprint density at radius 1 is 1.00 bits per heavy atom. The molecule has 0 fully saturated rings. The van der Waals surface area contributed by atoms with E-state index in [1.54, 1.807) is 0 Å². The van der Waals surface area contributed by atoms with Crippen molar-refractivity contribution in [2.24, 2.45) is 0 Å². The summed E-state index contributed by atoms with van der Waals surface area (Å²) in [5.41, 5.74) is 3.05. The van der Waals surface area contributed by atoms with E-state index in [0.717, 1.165) is 21.9 Å². The highest BCUT2D eigenvalue weighted by Crippen LogP contribution is 2.19. The maximum Gasteiger partial charge on any atom is 0.246 e. The molecule has 0 aliphatic rings. The van der Waals surface area contributed by atoms with Gasteiger partial charge in [0.2, 0.25) is 17.6 Å². The Balaban J connectivity index is 1.40. The van der Waals surface area contributed by atoms with Crippen LogP contribution in [0.4, 0.5) is 0 Å². The topological polar surface area (TPSA) is 68.0 Å². The van der Waals surface area contributed by atoms with Crippen molar-refractivity contribution in [2.45, 2.75) is 19.9 Å². The summed E-state index contributed by atoms with van der Waals surface area (Å²) in [5, 5.41) is 9.05. The number of aryl methyl sites for hydroxylation is 1. The standard InChI is InChI=1S/C22H19N3O2/c1-15-9-11-17(12-10-15)22-24-21(27-25-22)14-23-20(26)13-18-7-4-6-16-5-2-3-8-19(16)18/h2-12H,13-14H2,1H3,(H,23,26). The fourth-order valence-corrected chi connectivity index (χ4v) is 3.00. The Kier molecular flexibility index (Phi) is 4.66. The Morgan fingerprint density at radius 2 is 1.78 bits per heavy atom. The predicted molar refractivity (Wildman–Crippen MR) is 104 cm³/mol. The van der Waals surface area contributed by atoms with Crippen molar-refractivity contribution in [1.29, 1.82) is 0 Å².